The summed E-state index contributed by atoms with van der Waals surface area (Å²) in [6, 6.07) is 8.75. The van der Waals surface area contributed by atoms with E-state index >= 15 is 0 Å². The first kappa shape index (κ1) is 23.2. The van der Waals surface area contributed by atoms with Gasteiger partial charge in [-0.3, -0.25) is 0 Å². The molecule has 1 atom stereocenters. The molecule has 8 heteroatoms. The molecule has 174 valence electrons. The molecule has 0 unspecified atom stereocenters. The van der Waals surface area contributed by atoms with Crippen molar-refractivity contribution in [3.63, 3.8) is 0 Å². The van der Waals surface area contributed by atoms with Gasteiger partial charge in [0, 0.05) is 5.56 Å². The van der Waals surface area contributed by atoms with Crippen molar-refractivity contribution < 1.29 is 22.4 Å². The summed E-state index contributed by atoms with van der Waals surface area (Å²) < 4.78 is 39.6. The van der Waals surface area contributed by atoms with Gasteiger partial charge in [-0.2, -0.15) is 4.72 Å². The zero-order chi connectivity index (χ0) is 23.9. The average Bonchev–Trinajstić information content (AvgIpc) is 3.22. The lowest BCUT2D eigenvalue weighted by Gasteiger charge is -2.21. The zero-order valence-electron chi connectivity index (χ0n) is 19.1. The number of aryl methyl sites for hydroxylation is 3. The summed E-state index contributed by atoms with van der Waals surface area (Å²) in [6.07, 6.45) is 2.14. The summed E-state index contributed by atoms with van der Waals surface area (Å²) >= 11 is 0. The Morgan fingerprint density at radius 2 is 1.70 bits per heavy atom. The van der Waals surface area contributed by atoms with E-state index in [9.17, 15) is 18.0 Å². The van der Waals surface area contributed by atoms with Crippen LogP contribution in [0.1, 0.15) is 42.5 Å². The van der Waals surface area contributed by atoms with E-state index in [1.54, 1.807) is 38.1 Å². The highest BCUT2D eigenvalue weighted by molar-refractivity contribution is 7.89. The van der Waals surface area contributed by atoms with Crippen molar-refractivity contribution in [1.82, 2.24) is 4.72 Å². The molecule has 0 fully saturated rings. The summed E-state index contributed by atoms with van der Waals surface area (Å²) in [5, 5.41) is 0.602. The Morgan fingerprint density at radius 3 is 2.36 bits per heavy atom. The Labute approximate surface area is 192 Å². The van der Waals surface area contributed by atoms with Gasteiger partial charge in [-0.1, -0.05) is 31.5 Å². The maximum absolute atomic E-state index is 13.2. The van der Waals surface area contributed by atoms with E-state index in [-0.39, 0.29) is 22.2 Å². The number of sulfonamides is 1. The van der Waals surface area contributed by atoms with E-state index in [1.807, 2.05) is 13.8 Å². The second-order valence-corrected chi connectivity index (χ2v) is 10.6. The largest absolute Gasteiger partial charge is 0.425 e. The third-order valence-electron chi connectivity index (χ3n) is 5.92. The van der Waals surface area contributed by atoms with Gasteiger partial charge in [0.25, 0.3) is 0 Å². The first-order chi connectivity index (χ1) is 15.6. The molecule has 0 radical (unpaired) electrons. The monoisotopic (exact) mass is 469 g/mol. The number of hydrogen-bond acceptors (Lipinski definition) is 6. The van der Waals surface area contributed by atoms with Crippen molar-refractivity contribution in [3.05, 3.63) is 69.1 Å². The van der Waals surface area contributed by atoms with Crippen molar-refractivity contribution in [1.29, 1.82) is 0 Å². The third kappa shape index (κ3) is 4.58. The fraction of sp³-hybridized carbons (Fsp3) is 0.360. The van der Waals surface area contributed by atoms with Crippen LogP contribution in [0.25, 0.3) is 11.0 Å². The van der Waals surface area contributed by atoms with Crippen LogP contribution in [-0.2, 0) is 27.7 Å². The first-order valence-electron chi connectivity index (χ1n) is 11.0. The minimum Gasteiger partial charge on any atom is -0.425 e. The molecule has 1 aliphatic rings. The molecule has 1 aromatic heterocycles. The number of carbonyl (C=O) groups excluding carboxylic acids is 1. The topological polar surface area (TPSA) is 103 Å². The van der Waals surface area contributed by atoms with Crippen LogP contribution in [0, 0.1) is 19.8 Å². The van der Waals surface area contributed by atoms with Gasteiger partial charge >= 0.3 is 11.6 Å². The van der Waals surface area contributed by atoms with Crippen LogP contribution in [0.2, 0.25) is 0 Å². The SMILES string of the molecule is Cc1ccc(S(=O)(=O)N[C@@H](C(=O)Oc2cc(C)cc3oc(=O)c4c(c23)CCC4)C(C)C)cc1. The summed E-state index contributed by atoms with van der Waals surface area (Å²) in [6.45, 7) is 7.16. The van der Waals surface area contributed by atoms with Gasteiger partial charge in [-0.05, 0) is 74.4 Å². The normalized spacial score (nSPS) is 14.5. The quantitative estimate of drug-likeness (QED) is 0.335. The Kier molecular flexibility index (Phi) is 6.16. The molecule has 0 amide bonds. The highest BCUT2D eigenvalue weighted by atomic mass is 32.2. The summed E-state index contributed by atoms with van der Waals surface area (Å²) in [4.78, 5) is 25.6. The summed E-state index contributed by atoms with van der Waals surface area (Å²) in [5.41, 5.74) is 3.15. The molecule has 7 nitrogen and oxygen atoms in total. The van der Waals surface area contributed by atoms with Crippen LogP contribution in [0.15, 0.2) is 50.5 Å². The number of hydrogen-bond donors (Lipinski definition) is 1. The third-order valence-corrected chi connectivity index (χ3v) is 7.38. The molecule has 0 aliphatic heterocycles. The molecule has 1 N–H and O–H groups in total. The second-order valence-electron chi connectivity index (χ2n) is 8.91. The second kappa shape index (κ2) is 8.76. The number of carbonyl (C=O) groups is 1. The van der Waals surface area contributed by atoms with Gasteiger partial charge < -0.3 is 9.15 Å². The predicted octanol–water partition coefficient (Wildman–Crippen LogP) is 3.81. The lowest BCUT2D eigenvalue weighted by atomic mass is 10.0. The molecule has 0 saturated carbocycles. The van der Waals surface area contributed by atoms with Crippen molar-refractivity contribution in [3.8, 4) is 5.75 Å². The van der Waals surface area contributed by atoms with Crippen LogP contribution in [-0.4, -0.2) is 20.4 Å². The van der Waals surface area contributed by atoms with E-state index in [1.165, 1.54) is 12.1 Å². The van der Waals surface area contributed by atoms with Gasteiger partial charge in [0.2, 0.25) is 10.0 Å². The van der Waals surface area contributed by atoms with Crippen LogP contribution in [0.3, 0.4) is 0 Å². The van der Waals surface area contributed by atoms with E-state index < -0.39 is 22.0 Å². The van der Waals surface area contributed by atoms with Crippen LogP contribution < -0.4 is 15.1 Å². The molecule has 0 bridgehead atoms. The smallest absolute Gasteiger partial charge is 0.339 e. The minimum atomic E-state index is -3.94. The van der Waals surface area contributed by atoms with Crippen LogP contribution in [0.5, 0.6) is 5.75 Å². The number of benzene rings is 2. The maximum atomic E-state index is 13.2. The predicted molar refractivity (Wildman–Crippen MR) is 125 cm³/mol. The Balaban J connectivity index is 1.69. The van der Waals surface area contributed by atoms with Gasteiger partial charge in [0.1, 0.15) is 17.4 Å². The molecule has 0 spiro atoms. The lowest BCUT2D eigenvalue weighted by molar-refractivity contribution is -0.137. The lowest BCUT2D eigenvalue weighted by Crippen LogP contribution is -2.46. The first-order valence-corrected chi connectivity index (χ1v) is 12.4. The maximum Gasteiger partial charge on any atom is 0.339 e. The van der Waals surface area contributed by atoms with E-state index in [4.69, 9.17) is 9.15 Å². The molecular formula is C25H27NO6S. The Morgan fingerprint density at radius 1 is 1.03 bits per heavy atom. The summed E-state index contributed by atoms with van der Waals surface area (Å²) in [5.74, 6) is -0.805. The van der Waals surface area contributed by atoms with Gasteiger partial charge in [0.05, 0.1) is 10.3 Å². The summed E-state index contributed by atoms with van der Waals surface area (Å²) in [7, 11) is -3.94. The average molecular weight is 470 g/mol. The number of ether oxygens (including phenoxy) is 1. The minimum absolute atomic E-state index is 0.0761. The van der Waals surface area contributed by atoms with E-state index in [2.05, 4.69) is 4.72 Å². The molecule has 1 aliphatic carbocycles. The van der Waals surface area contributed by atoms with Crippen LogP contribution in [0.4, 0.5) is 0 Å². The fourth-order valence-electron chi connectivity index (χ4n) is 4.17. The molecule has 1 heterocycles. The van der Waals surface area contributed by atoms with E-state index in [0.717, 1.165) is 23.1 Å². The number of fused-ring (bicyclic) bond motifs is 3. The van der Waals surface area contributed by atoms with Crippen molar-refractivity contribution >= 4 is 27.0 Å². The number of nitrogens with one attached hydrogen (secondary N) is 1. The van der Waals surface area contributed by atoms with Crippen molar-refractivity contribution in [2.45, 2.75) is 57.9 Å². The molecule has 0 saturated heterocycles. The van der Waals surface area contributed by atoms with Gasteiger partial charge in [-0.25, -0.2) is 18.0 Å². The number of esters is 1. The molecule has 33 heavy (non-hydrogen) atoms. The van der Waals surface area contributed by atoms with Gasteiger partial charge in [0.15, 0.2) is 0 Å². The molecular weight excluding hydrogens is 442 g/mol. The zero-order valence-corrected chi connectivity index (χ0v) is 19.9. The highest BCUT2D eigenvalue weighted by Gasteiger charge is 2.31. The van der Waals surface area contributed by atoms with Gasteiger partial charge in [-0.15, -0.1) is 0 Å². The van der Waals surface area contributed by atoms with E-state index in [0.29, 0.717) is 29.4 Å². The number of rotatable bonds is 6. The fourth-order valence-corrected chi connectivity index (χ4v) is 5.50. The Bertz CT molecular complexity index is 1390. The standard InChI is InChI=1S/C25H27NO6S/c1-14(2)23(26-33(29,30)17-10-8-15(3)9-11-17)25(28)32-21-13-16(4)12-20-22(21)18-6-5-7-19(18)24(27)31-20/h8-14,23,26H,5-7H2,1-4H3/t23-/m1/s1. The molecule has 4 rings (SSSR count). The van der Waals surface area contributed by atoms with Crippen LogP contribution >= 0.6 is 0 Å². The molecule has 3 aromatic rings. The van der Waals surface area contributed by atoms with Crippen molar-refractivity contribution in [2.75, 3.05) is 0 Å². The Hall–Kier alpha value is -2.97. The van der Waals surface area contributed by atoms with Crippen molar-refractivity contribution in [2.24, 2.45) is 5.92 Å². The highest BCUT2D eigenvalue weighted by Crippen LogP contribution is 2.35. The molecule has 2 aromatic carbocycles.